The Kier molecular flexibility index (Phi) is 2.60. The molecule has 2 aromatic rings. The number of rotatable bonds is 2. The average Bonchev–Trinajstić information content (AvgIpc) is 2.69. The molecule has 0 unspecified atom stereocenters. The Balaban J connectivity index is 2.47. The molecule has 3 heteroatoms. The summed E-state index contributed by atoms with van der Waals surface area (Å²) < 4.78 is 4.98. The fourth-order valence-corrected chi connectivity index (χ4v) is 1.72. The van der Waals surface area contributed by atoms with E-state index in [0.29, 0.717) is 10.6 Å². The topological polar surface area (TPSA) is 30.2 Å². The molecule has 0 bridgehead atoms. The van der Waals surface area contributed by atoms with Crippen molar-refractivity contribution in [2.45, 2.75) is 6.92 Å². The first-order chi connectivity index (χ1) is 7.18. The fraction of sp³-hybridized carbons (Fsp3) is 0.0833. The summed E-state index contributed by atoms with van der Waals surface area (Å²) in [6.07, 6.45) is 3.24. The minimum absolute atomic E-state index is 0.0289. The number of furan rings is 1. The standard InChI is InChI=1S/C12H9ClO2/c1-8(14)11-3-2-9(6-12(11)13)10-4-5-15-7-10/h2-7H,1H3. The van der Waals surface area contributed by atoms with Gasteiger partial charge in [-0.05, 0) is 30.7 Å². The van der Waals surface area contributed by atoms with Crippen LogP contribution in [0.25, 0.3) is 11.1 Å². The van der Waals surface area contributed by atoms with E-state index in [9.17, 15) is 4.79 Å². The summed E-state index contributed by atoms with van der Waals surface area (Å²) >= 11 is 5.99. The summed E-state index contributed by atoms with van der Waals surface area (Å²) in [6.45, 7) is 1.50. The molecule has 0 amide bonds. The summed E-state index contributed by atoms with van der Waals surface area (Å²) in [5.74, 6) is -0.0289. The Morgan fingerprint density at radius 2 is 2.07 bits per heavy atom. The number of Topliss-reactive ketones (excluding diaryl/α,β-unsaturated/α-hetero) is 1. The molecule has 0 aliphatic carbocycles. The Bertz CT molecular complexity index is 486. The maximum atomic E-state index is 11.2. The largest absolute Gasteiger partial charge is 0.472 e. The summed E-state index contributed by atoms with van der Waals surface area (Å²) in [5, 5.41) is 0.473. The molecule has 0 aliphatic rings. The molecule has 0 atom stereocenters. The van der Waals surface area contributed by atoms with E-state index in [2.05, 4.69) is 0 Å². The van der Waals surface area contributed by atoms with E-state index < -0.39 is 0 Å². The van der Waals surface area contributed by atoms with E-state index in [0.717, 1.165) is 11.1 Å². The van der Waals surface area contributed by atoms with Crippen molar-refractivity contribution in [1.29, 1.82) is 0 Å². The van der Waals surface area contributed by atoms with Gasteiger partial charge in [0.2, 0.25) is 0 Å². The van der Waals surface area contributed by atoms with Crippen LogP contribution in [-0.2, 0) is 0 Å². The zero-order chi connectivity index (χ0) is 10.8. The second-order valence-electron chi connectivity index (χ2n) is 3.26. The van der Waals surface area contributed by atoms with Crippen molar-refractivity contribution < 1.29 is 9.21 Å². The van der Waals surface area contributed by atoms with Gasteiger partial charge in [0.1, 0.15) is 0 Å². The third-order valence-corrected chi connectivity index (χ3v) is 2.52. The van der Waals surface area contributed by atoms with Gasteiger partial charge in [-0.25, -0.2) is 0 Å². The van der Waals surface area contributed by atoms with Gasteiger partial charge in [0.25, 0.3) is 0 Å². The molecule has 1 aromatic heterocycles. The second kappa shape index (κ2) is 3.91. The van der Waals surface area contributed by atoms with Crippen molar-refractivity contribution in [2.75, 3.05) is 0 Å². The molecule has 2 nitrogen and oxygen atoms in total. The number of hydrogen-bond donors (Lipinski definition) is 0. The van der Waals surface area contributed by atoms with E-state index in [1.807, 2.05) is 12.1 Å². The van der Waals surface area contributed by atoms with Crippen LogP contribution in [0.2, 0.25) is 5.02 Å². The number of hydrogen-bond acceptors (Lipinski definition) is 2. The van der Waals surface area contributed by atoms with Crippen LogP contribution in [0.4, 0.5) is 0 Å². The number of halogens is 1. The predicted molar refractivity (Wildman–Crippen MR) is 59.2 cm³/mol. The molecule has 0 N–H and O–H groups in total. The van der Waals surface area contributed by atoms with E-state index in [-0.39, 0.29) is 5.78 Å². The molecular formula is C12H9ClO2. The highest BCUT2D eigenvalue weighted by Crippen LogP contribution is 2.26. The third kappa shape index (κ3) is 1.95. The summed E-state index contributed by atoms with van der Waals surface area (Å²) in [5.41, 5.74) is 2.44. The molecule has 0 saturated carbocycles. The van der Waals surface area contributed by atoms with Crippen molar-refractivity contribution in [1.82, 2.24) is 0 Å². The van der Waals surface area contributed by atoms with E-state index in [1.54, 1.807) is 24.7 Å². The van der Waals surface area contributed by atoms with Crippen LogP contribution in [0, 0.1) is 0 Å². The molecular weight excluding hydrogens is 212 g/mol. The molecule has 0 fully saturated rings. The van der Waals surface area contributed by atoms with E-state index >= 15 is 0 Å². The van der Waals surface area contributed by atoms with Crippen molar-refractivity contribution in [3.63, 3.8) is 0 Å². The van der Waals surface area contributed by atoms with E-state index in [4.69, 9.17) is 16.0 Å². The summed E-state index contributed by atoms with van der Waals surface area (Å²) in [4.78, 5) is 11.2. The van der Waals surface area contributed by atoms with Gasteiger partial charge in [0.15, 0.2) is 5.78 Å². The molecule has 0 saturated heterocycles. The van der Waals surface area contributed by atoms with Gasteiger partial charge in [-0.15, -0.1) is 0 Å². The van der Waals surface area contributed by atoms with Gasteiger partial charge in [0, 0.05) is 11.1 Å². The molecule has 76 valence electrons. The Morgan fingerprint density at radius 3 is 2.60 bits per heavy atom. The number of ketones is 1. The minimum Gasteiger partial charge on any atom is -0.472 e. The Labute approximate surface area is 92.5 Å². The van der Waals surface area contributed by atoms with E-state index in [1.165, 1.54) is 6.92 Å². The maximum absolute atomic E-state index is 11.2. The quantitative estimate of drug-likeness (QED) is 0.721. The zero-order valence-corrected chi connectivity index (χ0v) is 8.91. The summed E-state index contributed by atoms with van der Waals surface area (Å²) in [6, 6.07) is 7.20. The molecule has 0 spiro atoms. The fourth-order valence-electron chi connectivity index (χ4n) is 1.41. The summed E-state index contributed by atoms with van der Waals surface area (Å²) in [7, 11) is 0. The lowest BCUT2D eigenvalue weighted by Crippen LogP contribution is -1.92. The van der Waals surface area contributed by atoms with Crippen molar-refractivity contribution in [3.8, 4) is 11.1 Å². The minimum atomic E-state index is -0.0289. The first kappa shape index (κ1) is 9.99. The highest BCUT2D eigenvalue weighted by molar-refractivity contribution is 6.34. The van der Waals surface area contributed by atoms with Gasteiger partial charge < -0.3 is 4.42 Å². The lowest BCUT2D eigenvalue weighted by Gasteiger charge is -2.02. The van der Waals surface area contributed by atoms with Gasteiger partial charge >= 0.3 is 0 Å². The Hall–Kier alpha value is -1.54. The normalized spacial score (nSPS) is 10.3. The smallest absolute Gasteiger partial charge is 0.161 e. The highest BCUT2D eigenvalue weighted by atomic mass is 35.5. The Morgan fingerprint density at radius 1 is 1.27 bits per heavy atom. The molecule has 2 rings (SSSR count). The van der Waals surface area contributed by atoms with Crippen LogP contribution in [0.15, 0.2) is 41.2 Å². The SMILES string of the molecule is CC(=O)c1ccc(-c2ccoc2)cc1Cl. The van der Waals surface area contributed by atoms with Crippen LogP contribution < -0.4 is 0 Å². The predicted octanol–water partition coefficient (Wildman–Crippen LogP) is 3.80. The van der Waals surface area contributed by atoms with Crippen LogP contribution in [-0.4, -0.2) is 5.78 Å². The average molecular weight is 221 g/mol. The number of carbonyl (C=O) groups is 1. The van der Waals surface area contributed by atoms with Crippen LogP contribution in [0.5, 0.6) is 0 Å². The van der Waals surface area contributed by atoms with Gasteiger partial charge in [-0.1, -0.05) is 17.7 Å². The van der Waals surface area contributed by atoms with Gasteiger partial charge in [-0.3, -0.25) is 4.79 Å². The highest BCUT2D eigenvalue weighted by Gasteiger charge is 2.07. The van der Waals surface area contributed by atoms with Gasteiger partial charge in [-0.2, -0.15) is 0 Å². The molecule has 1 heterocycles. The van der Waals surface area contributed by atoms with Crippen LogP contribution >= 0.6 is 11.6 Å². The number of carbonyl (C=O) groups excluding carboxylic acids is 1. The van der Waals surface area contributed by atoms with Crippen molar-refractivity contribution in [2.24, 2.45) is 0 Å². The lowest BCUT2D eigenvalue weighted by atomic mass is 10.1. The van der Waals surface area contributed by atoms with Gasteiger partial charge in [0.05, 0.1) is 17.5 Å². The van der Waals surface area contributed by atoms with Crippen molar-refractivity contribution >= 4 is 17.4 Å². The van der Waals surface area contributed by atoms with Crippen LogP contribution in [0.1, 0.15) is 17.3 Å². The molecule has 0 radical (unpaired) electrons. The number of benzene rings is 1. The first-order valence-corrected chi connectivity index (χ1v) is 4.89. The lowest BCUT2D eigenvalue weighted by molar-refractivity contribution is 0.101. The third-order valence-electron chi connectivity index (χ3n) is 2.20. The molecule has 0 aliphatic heterocycles. The zero-order valence-electron chi connectivity index (χ0n) is 8.16. The first-order valence-electron chi connectivity index (χ1n) is 4.51. The van der Waals surface area contributed by atoms with Crippen LogP contribution in [0.3, 0.4) is 0 Å². The van der Waals surface area contributed by atoms with Crippen molar-refractivity contribution in [3.05, 3.63) is 47.4 Å². The molecule has 1 aromatic carbocycles. The maximum Gasteiger partial charge on any atom is 0.161 e. The molecule has 15 heavy (non-hydrogen) atoms. The second-order valence-corrected chi connectivity index (χ2v) is 3.67. The monoisotopic (exact) mass is 220 g/mol.